The minimum absolute atomic E-state index is 0.450. The third-order valence-corrected chi connectivity index (χ3v) is 3.40. The second kappa shape index (κ2) is 5.69. The van der Waals surface area contributed by atoms with Crippen LogP contribution in [0.1, 0.15) is 44.2 Å². The monoisotopic (exact) mass is 233 g/mol. The predicted octanol–water partition coefficient (Wildman–Crippen LogP) is 3.66. The molecule has 0 spiro atoms. The minimum Gasteiger partial charge on any atom is -0.386 e. The van der Waals surface area contributed by atoms with E-state index < -0.39 is 6.10 Å². The molecular weight excluding hydrogens is 218 g/mol. The van der Waals surface area contributed by atoms with E-state index in [0.717, 1.165) is 24.3 Å². The molecular formula is C10H16ClNOS. The van der Waals surface area contributed by atoms with E-state index in [4.69, 9.17) is 11.6 Å². The second-order valence-electron chi connectivity index (χ2n) is 3.65. The molecule has 1 N–H and O–H groups in total. The van der Waals surface area contributed by atoms with Gasteiger partial charge in [0.15, 0.2) is 0 Å². The summed E-state index contributed by atoms with van der Waals surface area (Å²) in [5.41, 5.74) is 0. The van der Waals surface area contributed by atoms with Crippen LogP contribution >= 0.6 is 22.9 Å². The number of rotatable bonds is 5. The Labute approximate surface area is 93.9 Å². The normalized spacial score (nSPS) is 15.4. The molecule has 0 aliphatic carbocycles. The van der Waals surface area contributed by atoms with Crippen LogP contribution in [0.2, 0.25) is 4.34 Å². The summed E-state index contributed by atoms with van der Waals surface area (Å²) < 4.78 is 0.641. The Balaban J connectivity index is 2.45. The molecule has 2 nitrogen and oxygen atoms in total. The lowest BCUT2D eigenvalue weighted by Gasteiger charge is -2.13. The molecule has 14 heavy (non-hydrogen) atoms. The molecule has 2 atom stereocenters. The molecule has 0 aliphatic rings. The molecule has 0 aliphatic heterocycles. The van der Waals surface area contributed by atoms with Gasteiger partial charge in [-0.15, -0.1) is 11.3 Å². The standard InChI is InChI=1S/C10H16ClNOS/c1-3-4-7(2)5-8(13)10-12-6-9(11)14-10/h6-8,13H,3-5H2,1-2H3. The molecule has 80 valence electrons. The molecule has 1 aromatic rings. The maximum atomic E-state index is 9.82. The van der Waals surface area contributed by atoms with E-state index in [2.05, 4.69) is 18.8 Å². The third kappa shape index (κ3) is 3.56. The van der Waals surface area contributed by atoms with Crippen LogP contribution in [0.3, 0.4) is 0 Å². The molecule has 1 aromatic heterocycles. The molecule has 0 fully saturated rings. The van der Waals surface area contributed by atoms with Crippen LogP contribution in [-0.2, 0) is 0 Å². The Bertz CT molecular complexity index is 277. The average Bonchev–Trinajstić information content (AvgIpc) is 2.52. The van der Waals surface area contributed by atoms with Crippen LogP contribution in [0.4, 0.5) is 0 Å². The molecule has 0 radical (unpaired) electrons. The van der Waals surface area contributed by atoms with Crippen molar-refractivity contribution < 1.29 is 5.11 Å². The number of hydrogen-bond donors (Lipinski definition) is 1. The molecule has 4 heteroatoms. The SMILES string of the molecule is CCCC(C)CC(O)c1ncc(Cl)s1. The van der Waals surface area contributed by atoms with Crippen molar-refractivity contribution in [2.24, 2.45) is 5.92 Å². The molecule has 0 bridgehead atoms. The van der Waals surface area contributed by atoms with Crippen molar-refractivity contribution in [2.75, 3.05) is 0 Å². The fraction of sp³-hybridized carbons (Fsp3) is 0.700. The van der Waals surface area contributed by atoms with Crippen LogP contribution in [0.15, 0.2) is 6.20 Å². The summed E-state index contributed by atoms with van der Waals surface area (Å²) in [5, 5.41) is 10.6. The lowest BCUT2D eigenvalue weighted by Crippen LogP contribution is -2.03. The molecule has 0 aromatic carbocycles. The zero-order chi connectivity index (χ0) is 10.6. The van der Waals surface area contributed by atoms with Crippen LogP contribution in [0.5, 0.6) is 0 Å². The van der Waals surface area contributed by atoms with Gasteiger partial charge in [-0.3, -0.25) is 0 Å². The number of nitrogens with zero attached hydrogens (tertiary/aromatic N) is 1. The van der Waals surface area contributed by atoms with Gasteiger partial charge in [-0.1, -0.05) is 38.3 Å². The fourth-order valence-electron chi connectivity index (χ4n) is 1.51. The second-order valence-corrected chi connectivity index (χ2v) is 5.34. The Hall–Kier alpha value is -0.120. The molecule has 2 unspecified atom stereocenters. The number of hydrogen-bond acceptors (Lipinski definition) is 3. The van der Waals surface area contributed by atoms with Crippen molar-refractivity contribution >= 4 is 22.9 Å². The van der Waals surface area contributed by atoms with Gasteiger partial charge < -0.3 is 5.11 Å². The van der Waals surface area contributed by atoms with Crippen LogP contribution < -0.4 is 0 Å². The summed E-state index contributed by atoms with van der Waals surface area (Å²) >= 11 is 7.11. The van der Waals surface area contributed by atoms with Crippen molar-refractivity contribution in [2.45, 2.75) is 39.2 Å². The van der Waals surface area contributed by atoms with Gasteiger partial charge in [-0.2, -0.15) is 0 Å². The summed E-state index contributed by atoms with van der Waals surface area (Å²) in [6.07, 6.45) is 4.23. The molecule has 1 rings (SSSR count). The van der Waals surface area contributed by atoms with Gasteiger partial charge in [0.2, 0.25) is 0 Å². The van der Waals surface area contributed by atoms with Crippen molar-refractivity contribution in [3.05, 3.63) is 15.5 Å². The zero-order valence-electron chi connectivity index (χ0n) is 8.53. The van der Waals surface area contributed by atoms with Crippen molar-refractivity contribution in [1.82, 2.24) is 4.98 Å². The highest BCUT2D eigenvalue weighted by atomic mass is 35.5. The van der Waals surface area contributed by atoms with Gasteiger partial charge in [0, 0.05) is 0 Å². The Morgan fingerprint density at radius 1 is 1.64 bits per heavy atom. The number of aliphatic hydroxyl groups excluding tert-OH is 1. The van der Waals surface area contributed by atoms with E-state index in [0.29, 0.717) is 10.3 Å². The van der Waals surface area contributed by atoms with E-state index in [1.54, 1.807) is 6.20 Å². The average molecular weight is 234 g/mol. The highest BCUT2D eigenvalue weighted by Crippen LogP contribution is 2.28. The third-order valence-electron chi connectivity index (χ3n) is 2.19. The largest absolute Gasteiger partial charge is 0.386 e. The van der Waals surface area contributed by atoms with E-state index in [1.807, 2.05) is 0 Å². The van der Waals surface area contributed by atoms with E-state index in [1.165, 1.54) is 11.3 Å². The molecule has 0 saturated carbocycles. The summed E-state index contributed by atoms with van der Waals surface area (Å²) in [6, 6.07) is 0. The Kier molecular flexibility index (Phi) is 4.85. The molecule has 1 heterocycles. The Morgan fingerprint density at radius 3 is 2.86 bits per heavy atom. The number of aromatic nitrogens is 1. The van der Waals surface area contributed by atoms with Gasteiger partial charge in [-0.05, 0) is 12.3 Å². The first-order chi connectivity index (χ1) is 6.63. The lowest BCUT2D eigenvalue weighted by molar-refractivity contribution is 0.145. The maximum absolute atomic E-state index is 9.82. The summed E-state index contributed by atoms with van der Waals surface area (Å²) in [7, 11) is 0. The first kappa shape index (κ1) is 12.0. The summed E-state index contributed by atoms with van der Waals surface area (Å²) in [4.78, 5) is 4.07. The van der Waals surface area contributed by atoms with Gasteiger partial charge in [-0.25, -0.2) is 4.98 Å². The highest BCUT2D eigenvalue weighted by Gasteiger charge is 2.15. The maximum Gasteiger partial charge on any atom is 0.123 e. The predicted molar refractivity (Wildman–Crippen MR) is 60.8 cm³/mol. The fourth-order valence-corrected chi connectivity index (χ4v) is 2.44. The zero-order valence-corrected chi connectivity index (χ0v) is 10.1. The summed E-state index contributed by atoms with van der Waals surface area (Å²) in [6.45, 7) is 4.31. The van der Waals surface area contributed by atoms with E-state index >= 15 is 0 Å². The first-order valence-corrected chi connectivity index (χ1v) is 6.12. The number of thiazole rings is 1. The van der Waals surface area contributed by atoms with E-state index in [-0.39, 0.29) is 0 Å². The molecule has 0 amide bonds. The van der Waals surface area contributed by atoms with Crippen molar-refractivity contribution in [3.8, 4) is 0 Å². The lowest BCUT2D eigenvalue weighted by atomic mass is 9.99. The number of halogens is 1. The first-order valence-electron chi connectivity index (χ1n) is 4.92. The van der Waals surface area contributed by atoms with Gasteiger partial charge in [0.1, 0.15) is 15.4 Å². The minimum atomic E-state index is -0.450. The van der Waals surface area contributed by atoms with Crippen LogP contribution in [0, 0.1) is 5.92 Å². The quantitative estimate of drug-likeness (QED) is 0.842. The van der Waals surface area contributed by atoms with Gasteiger partial charge in [0.25, 0.3) is 0 Å². The van der Waals surface area contributed by atoms with Crippen LogP contribution in [0.25, 0.3) is 0 Å². The molecule has 0 saturated heterocycles. The Morgan fingerprint density at radius 2 is 2.36 bits per heavy atom. The van der Waals surface area contributed by atoms with Crippen LogP contribution in [-0.4, -0.2) is 10.1 Å². The smallest absolute Gasteiger partial charge is 0.123 e. The van der Waals surface area contributed by atoms with Gasteiger partial charge >= 0.3 is 0 Å². The summed E-state index contributed by atoms with van der Waals surface area (Å²) in [5.74, 6) is 0.540. The number of aliphatic hydroxyl groups is 1. The van der Waals surface area contributed by atoms with Crippen molar-refractivity contribution in [3.63, 3.8) is 0 Å². The topological polar surface area (TPSA) is 33.1 Å². The highest BCUT2D eigenvalue weighted by molar-refractivity contribution is 7.15. The van der Waals surface area contributed by atoms with Gasteiger partial charge in [0.05, 0.1) is 6.20 Å². The van der Waals surface area contributed by atoms with Crippen molar-refractivity contribution in [1.29, 1.82) is 0 Å². The van der Waals surface area contributed by atoms with E-state index in [9.17, 15) is 5.11 Å².